The Balaban J connectivity index is 2.01. The monoisotopic (exact) mass is 303 g/mol. The maximum atomic E-state index is 12.1. The summed E-state index contributed by atoms with van der Waals surface area (Å²) in [5.74, 6) is -3.55. The zero-order chi connectivity index (χ0) is 16.3. The van der Waals surface area contributed by atoms with Crippen LogP contribution < -0.4 is 10.2 Å². The van der Waals surface area contributed by atoms with E-state index in [1.54, 1.807) is 0 Å². The molecule has 0 atom stereocenters. The van der Waals surface area contributed by atoms with Crippen molar-refractivity contribution in [1.29, 1.82) is 0 Å². The van der Waals surface area contributed by atoms with Crippen LogP contribution in [-0.4, -0.2) is 35.2 Å². The summed E-state index contributed by atoms with van der Waals surface area (Å²) in [5.41, 5.74) is 0.0712. The van der Waals surface area contributed by atoms with Crippen molar-refractivity contribution in [3.05, 3.63) is 34.9 Å². The van der Waals surface area contributed by atoms with E-state index < -0.39 is 23.8 Å². The Morgan fingerprint density at radius 3 is 2.27 bits per heavy atom. The number of aliphatic carboxylic acids is 1. The lowest BCUT2D eigenvalue weighted by atomic mass is 10.1. The number of hydrogen-bond acceptors (Lipinski definition) is 6. The van der Waals surface area contributed by atoms with Crippen molar-refractivity contribution >= 4 is 23.8 Å². The molecule has 0 aliphatic carbocycles. The lowest BCUT2D eigenvalue weighted by Crippen LogP contribution is -2.30. The molecule has 0 aromatic heterocycles. The molecule has 1 aliphatic rings. The molecule has 0 bridgehead atoms. The van der Waals surface area contributed by atoms with Crippen molar-refractivity contribution < 1.29 is 29.4 Å². The van der Waals surface area contributed by atoms with Crippen LogP contribution in [0.5, 0.6) is 0 Å². The molecule has 116 valence electrons. The molecule has 0 spiro atoms. The first kappa shape index (κ1) is 15.7. The van der Waals surface area contributed by atoms with Crippen LogP contribution in [0.15, 0.2) is 18.2 Å². The van der Waals surface area contributed by atoms with Gasteiger partial charge in [0.05, 0.1) is 17.1 Å². The summed E-state index contributed by atoms with van der Waals surface area (Å²) in [7, 11) is 0. The van der Waals surface area contributed by atoms with Crippen molar-refractivity contribution in [2.45, 2.75) is 25.7 Å². The van der Waals surface area contributed by atoms with Crippen LogP contribution in [0.4, 0.5) is 0 Å². The molecule has 22 heavy (non-hydrogen) atoms. The normalized spacial score (nSPS) is 13.4. The minimum absolute atomic E-state index is 0.0569. The summed E-state index contributed by atoms with van der Waals surface area (Å²) in [5, 5.41) is 21.1. The van der Waals surface area contributed by atoms with Gasteiger partial charge in [-0.15, -0.1) is 0 Å². The predicted octanol–water partition coefficient (Wildman–Crippen LogP) is -1.04. The third-order valence-corrected chi connectivity index (χ3v) is 3.47. The maximum absolute atomic E-state index is 12.1. The Morgan fingerprint density at radius 1 is 0.955 bits per heavy atom. The molecule has 1 aromatic rings. The van der Waals surface area contributed by atoms with Gasteiger partial charge in [-0.3, -0.25) is 14.5 Å². The number of hydrogen-bond donors (Lipinski definition) is 0. The smallest absolute Gasteiger partial charge is 0.261 e. The second-order valence-corrected chi connectivity index (χ2v) is 4.99. The predicted molar refractivity (Wildman–Crippen MR) is 69.6 cm³/mol. The zero-order valence-corrected chi connectivity index (χ0v) is 11.7. The van der Waals surface area contributed by atoms with Gasteiger partial charge in [0, 0.05) is 12.5 Å². The third-order valence-electron chi connectivity index (χ3n) is 3.47. The van der Waals surface area contributed by atoms with E-state index in [9.17, 15) is 29.4 Å². The molecule has 0 saturated heterocycles. The van der Waals surface area contributed by atoms with Gasteiger partial charge in [0.25, 0.3) is 11.8 Å². The standard InChI is InChI=1S/C15H15NO6/c17-12(18)4-2-1-3-7-16-13(19)10-6-5-9(15(21)22)8-11(10)14(16)20/h5-6,8H,1-4,7H2,(H,17,18)(H,21,22)/p-2. The number of benzene rings is 1. The van der Waals surface area contributed by atoms with Crippen LogP contribution in [0.1, 0.15) is 56.8 Å². The van der Waals surface area contributed by atoms with Gasteiger partial charge in [-0.2, -0.15) is 0 Å². The molecule has 7 heteroatoms. The molecule has 0 N–H and O–H groups in total. The molecule has 1 aliphatic heterocycles. The number of carbonyl (C=O) groups is 4. The zero-order valence-electron chi connectivity index (χ0n) is 11.7. The van der Waals surface area contributed by atoms with Gasteiger partial charge < -0.3 is 19.8 Å². The number of carbonyl (C=O) groups excluding carboxylic acids is 4. The summed E-state index contributed by atoms with van der Waals surface area (Å²) in [6, 6.07) is 3.67. The minimum Gasteiger partial charge on any atom is -0.550 e. The van der Waals surface area contributed by atoms with Crippen LogP contribution in [0.3, 0.4) is 0 Å². The average Bonchev–Trinajstić information content (AvgIpc) is 2.70. The second kappa shape index (κ2) is 6.38. The number of nitrogens with zero attached hydrogens (tertiary/aromatic N) is 1. The Morgan fingerprint density at radius 2 is 1.64 bits per heavy atom. The number of carboxylic acid groups (broad SMARTS) is 2. The highest BCUT2D eigenvalue weighted by molar-refractivity contribution is 6.21. The number of amides is 2. The van der Waals surface area contributed by atoms with Crippen molar-refractivity contribution in [1.82, 2.24) is 4.90 Å². The Kier molecular flexibility index (Phi) is 4.55. The number of rotatable bonds is 7. The topological polar surface area (TPSA) is 118 Å². The highest BCUT2D eigenvalue weighted by Crippen LogP contribution is 2.24. The molecule has 0 radical (unpaired) electrons. The lowest BCUT2D eigenvalue weighted by Gasteiger charge is -2.13. The molecule has 0 fully saturated rings. The van der Waals surface area contributed by atoms with Crippen molar-refractivity contribution in [3.63, 3.8) is 0 Å². The lowest BCUT2D eigenvalue weighted by molar-refractivity contribution is -0.305. The van der Waals surface area contributed by atoms with Crippen LogP contribution in [0.2, 0.25) is 0 Å². The maximum Gasteiger partial charge on any atom is 0.261 e. The molecular formula is C15H13NO6-2. The van der Waals surface area contributed by atoms with E-state index >= 15 is 0 Å². The summed E-state index contributed by atoms with van der Waals surface area (Å²) in [4.78, 5) is 46.4. The first-order valence-corrected chi connectivity index (χ1v) is 6.83. The van der Waals surface area contributed by atoms with Gasteiger partial charge in [-0.05, 0) is 37.0 Å². The minimum atomic E-state index is -1.41. The van der Waals surface area contributed by atoms with Crippen molar-refractivity contribution in [2.24, 2.45) is 0 Å². The van der Waals surface area contributed by atoms with Crippen molar-refractivity contribution in [3.8, 4) is 0 Å². The highest BCUT2D eigenvalue weighted by Gasteiger charge is 2.35. The molecule has 2 amide bonds. The number of unbranched alkanes of at least 4 members (excludes halogenated alkanes) is 2. The molecule has 0 saturated carbocycles. The first-order chi connectivity index (χ1) is 10.4. The number of imide groups is 1. The number of aromatic carboxylic acids is 1. The van der Waals surface area contributed by atoms with E-state index in [1.165, 1.54) is 12.1 Å². The largest absolute Gasteiger partial charge is 0.550 e. The van der Waals surface area contributed by atoms with Crippen LogP contribution in [-0.2, 0) is 4.79 Å². The average molecular weight is 303 g/mol. The van der Waals surface area contributed by atoms with E-state index in [4.69, 9.17) is 0 Å². The molecule has 2 rings (SSSR count). The third kappa shape index (κ3) is 3.13. The summed E-state index contributed by atoms with van der Waals surface area (Å²) >= 11 is 0. The Labute approximate surface area is 126 Å². The van der Waals surface area contributed by atoms with E-state index in [1.807, 2.05) is 0 Å². The number of fused-ring (bicyclic) bond motifs is 1. The van der Waals surface area contributed by atoms with Crippen LogP contribution in [0.25, 0.3) is 0 Å². The fourth-order valence-corrected chi connectivity index (χ4v) is 2.34. The number of carboxylic acids is 2. The van der Waals surface area contributed by atoms with E-state index in [-0.39, 0.29) is 29.7 Å². The highest BCUT2D eigenvalue weighted by atomic mass is 16.4. The summed E-state index contributed by atoms with van der Waals surface area (Å²) in [6.45, 7) is 0.167. The van der Waals surface area contributed by atoms with Crippen LogP contribution in [0, 0.1) is 0 Å². The van der Waals surface area contributed by atoms with Gasteiger partial charge in [0.15, 0.2) is 0 Å². The molecular weight excluding hydrogens is 290 g/mol. The first-order valence-electron chi connectivity index (χ1n) is 6.83. The van der Waals surface area contributed by atoms with Crippen LogP contribution >= 0.6 is 0 Å². The van der Waals surface area contributed by atoms with Gasteiger partial charge in [-0.1, -0.05) is 12.5 Å². The van der Waals surface area contributed by atoms with E-state index in [0.717, 1.165) is 11.0 Å². The summed E-state index contributed by atoms with van der Waals surface area (Å²) < 4.78 is 0. The molecule has 1 heterocycles. The summed E-state index contributed by atoms with van der Waals surface area (Å²) in [6.07, 6.45) is 1.38. The van der Waals surface area contributed by atoms with Gasteiger partial charge in [0.1, 0.15) is 0 Å². The quantitative estimate of drug-likeness (QED) is 0.469. The second-order valence-electron chi connectivity index (χ2n) is 4.99. The van der Waals surface area contributed by atoms with E-state index in [2.05, 4.69) is 0 Å². The van der Waals surface area contributed by atoms with Gasteiger partial charge in [0.2, 0.25) is 0 Å². The molecule has 0 unspecified atom stereocenters. The molecule has 1 aromatic carbocycles. The van der Waals surface area contributed by atoms with E-state index in [0.29, 0.717) is 19.3 Å². The van der Waals surface area contributed by atoms with Gasteiger partial charge in [-0.25, -0.2) is 0 Å². The SMILES string of the molecule is O=C([O-])CCCCCN1C(=O)c2ccc(C(=O)[O-])cc2C1=O. The van der Waals surface area contributed by atoms with Crippen molar-refractivity contribution in [2.75, 3.05) is 6.54 Å². The fraction of sp³-hybridized carbons (Fsp3) is 0.333. The molecule has 7 nitrogen and oxygen atoms in total. The Hall–Kier alpha value is -2.70. The van der Waals surface area contributed by atoms with Gasteiger partial charge >= 0.3 is 0 Å². The fourth-order valence-electron chi connectivity index (χ4n) is 2.34. The Bertz CT molecular complexity index is 651.